The van der Waals surface area contributed by atoms with Crippen molar-refractivity contribution in [2.24, 2.45) is 0 Å². The maximum atomic E-state index is 12.3. The van der Waals surface area contributed by atoms with Crippen LogP contribution in [0.25, 0.3) is 34.3 Å². The first-order chi connectivity index (χ1) is 16.5. The topological polar surface area (TPSA) is 93.8 Å². The summed E-state index contributed by atoms with van der Waals surface area (Å²) in [5.41, 5.74) is 4.93. The number of rotatable bonds is 8. The van der Waals surface area contributed by atoms with Crippen LogP contribution in [-0.4, -0.2) is 35.7 Å². The van der Waals surface area contributed by atoms with Gasteiger partial charge in [-0.25, -0.2) is 4.98 Å². The Labute approximate surface area is 201 Å². The summed E-state index contributed by atoms with van der Waals surface area (Å²) in [6.07, 6.45) is 4.27. The van der Waals surface area contributed by atoms with Gasteiger partial charge in [-0.3, -0.25) is 9.19 Å². The summed E-state index contributed by atoms with van der Waals surface area (Å²) in [7, 11) is -1.03. The van der Waals surface area contributed by atoms with Crippen LogP contribution in [-0.2, 0) is 17.3 Å². The third-order valence-corrected chi connectivity index (χ3v) is 7.36. The molecule has 2 aromatic heterocycles. The zero-order chi connectivity index (χ0) is 23.7. The van der Waals surface area contributed by atoms with Crippen molar-refractivity contribution in [3.63, 3.8) is 0 Å². The van der Waals surface area contributed by atoms with Crippen molar-refractivity contribution in [1.82, 2.24) is 25.5 Å². The summed E-state index contributed by atoms with van der Waals surface area (Å²) in [6, 6.07) is 16.4. The molecule has 0 radical (unpaired) electrons. The van der Waals surface area contributed by atoms with Crippen LogP contribution in [0.4, 0.5) is 0 Å². The van der Waals surface area contributed by atoms with E-state index in [1.165, 1.54) is 18.4 Å². The Morgan fingerprint density at radius 3 is 2.35 bits per heavy atom. The van der Waals surface area contributed by atoms with E-state index in [0.717, 1.165) is 22.6 Å². The Morgan fingerprint density at radius 2 is 1.68 bits per heavy atom. The van der Waals surface area contributed by atoms with Gasteiger partial charge in [0.15, 0.2) is 0 Å². The van der Waals surface area contributed by atoms with Crippen molar-refractivity contribution in [1.29, 1.82) is 0 Å². The first-order valence-electron chi connectivity index (χ1n) is 11.5. The number of hydrogen-bond acceptors (Lipinski definition) is 7. The summed E-state index contributed by atoms with van der Waals surface area (Å²) in [4.78, 5) is 10.0. The van der Waals surface area contributed by atoms with Gasteiger partial charge in [-0.2, -0.15) is 0 Å². The molecule has 34 heavy (non-hydrogen) atoms. The van der Waals surface area contributed by atoms with E-state index in [-0.39, 0.29) is 5.25 Å². The molecule has 8 heteroatoms. The van der Waals surface area contributed by atoms with E-state index >= 15 is 0 Å². The molecular formula is C26H27N5O2S. The number of aryl methyl sites for hydroxylation is 1. The highest BCUT2D eigenvalue weighted by Gasteiger charge is 2.20. The lowest BCUT2D eigenvalue weighted by atomic mass is 10.1. The van der Waals surface area contributed by atoms with Gasteiger partial charge < -0.3 is 9.73 Å². The summed E-state index contributed by atoms with van der Waals surface area (Å²) >= 11 is 0. The molecular weight excluding hydrogens is 446 g/mol. The highest BCUT2D eigenvalue weighted by Crippen LogP contribution is 2.27. The molecule has 1 fully saturated rings. The van der Waals surface area contributed by atoms with Gasteiger partial charge in [0.05, 0.1) is 28.4 Å². The van der Waals surface area contributed by atoms with Gasteiger partial charge in [-0.15, -0.1) is 10.2 Å². The van der Waals surface area contributed by atoms with Crippen molar-refractivity contribution in [2.75, 3.05) is 0 Å². The highest BCUT2D eigenvalue weighted by molar-refractivity contribution is 7.85. The second-order valence-electron chi connectivity index (χ2n) is 8.82. The van der Waals surface area contributed by atoms with Crippen molar-refractivity contribution in [2.45, 2.75) is 56.3 Å². The van der Waals surface area contributed by atoms with Gasteiger partial charge >= 0.3 is 0 Å². The molecule has 1 N–H and O–H groups in total. The quantitative estimate of drug-likeness (QED) is 0.387. The van der Waals surface area contributed by atoms with Crippen LogP contribution in [0.5, 0.6) is 0 Å². The number of nitrogens with zero attached hydrogens (tertiary/aromatic N) is 4. The average Bonchev–Trinajstić information content (AvgIpc) is 3.57. The summed E-state index contributed by atoms with van der Waals surface area (Å²) in [6.45, 7) is 6.63. The molecule has 0 aliphatic heterocycles. The molecule has 1 saturated carbocycles. The molecule has 0 bridgehead atoms. The molecule has 1 atom stereocenters. The molecule has 4 aromatic rings. The second kappa shape index (κ2) is 9.56. The Bertz CT molecular complexity index is 1310. The maximum absolute atomic E-state index is 12.3. The Balaban J connectivity index is 1.36. The van der Waals surface area contributed by atoms with E-state index in [1.54, 1.807) is 6.20 Å². The first-order valence-corrected chi connectivity index (χ1v) is 12.7. The lowest BCUT2D eigenvalue weighted by Gasteiger charge is -2.08. The van der Waals surface area contributed by atoms with Crippen LogP contribution in [0.1, 0.15) is 37.9 Å². The van der Waals surface area contributed by atoms with Gasteiger partial charge in [0.1, 0.15) is 5.69 Å². The monoisotopic (exact) mass is 473 g/mol. The van der Waals surface area contributed by atoms with Gasteiger partial charge in [0.25, 0.3) is 5.89 Å². The van der Waals surface area contributed by atoms with Crippen LogP contribution >= 0.6 is 0 Å². The fraction of sp³-hybridized carbons (Fsp3) is 0.308. The SMILES string of the molecule is Cc1ncc(-c2ccc(S(=O)C(C)C)cc2)nc1-c1nnc(-c2ccc(CNC3CC3)cc2)o1. The van der Waals surface area contributed by atoms with Crippen LogP contribution in [0, 0.1) is 6.92 Å². The molecule has 5 rings (SSSR count). The summed E-state index contributed by atoms with van der Waals surface area (Å²) in [5, 5.41) is 12.1. The van der Waals surface area contributed by atoms with E-state index in [1.807, 2.05) is 57.2 Å². The molecule has 7 nitrogen and oxygen atoms in total. The van der Waals surface area contributed by atoms with Gasteiger partial charge in [-0.1, -0.05) is 38.1 Å². The van der Waals surface area contributed by atoms with Gasteiger partial charge in [0.2, 0.25) is 5.89 Å². The number of benzene rings is 2. The van der Waals surface area contributed by atoms with Crippen molar-refractivity contribution >= 4 is 10.8 Å². The molecule has 0 amide bonds. The van der Waals surface area contributed by atoms with Crippen LogP contribution in [0.15, 0.2) is 64.0 Å². The molecule has 1 aliphatic rings. The lowest BCUT2D eigenvalue weighted by Crippen LogP contribution is -2.14. The summed E-state index contributed by atoms with van der Waals surface area (Å²) in [5.74, 6) is 0.780. The van der Waals surface area contributed by atoms with Crippen molar-refractivity contribution < 1.29 is 8.63 Å². The standard InChI is InChI=1S/C26H27N5O2S/c1-16(2)34(32)22-12-8-19(9-13-22)23-15-27-17(3)24(29-23)26-31-30-25(33-26)20-6-4-18(5-7-20)14-28-21-10-11-21/h4-9,12-13,15-16,21,28H,10-11,14H2,1-3H3. The van der Waals surface area contributed by atoms with Crippen LogP contribution in [0.2, 0.25) is 0 Å². The predicted octanol–water partition coefficient (Wildman–Crippen LogP) is 4.94. The third-order valence-electron chi connectivity index (χ3n) is 5.77. The van der Waals surface area contributed by atoms with E-state index in [2.05, 4.69) is 32.6 Å². The Hall–Kier alpha value is -3.23. The lowest BCUT2D eigenvalue weighted by molar-refractivity contribution is 0.581. The van der Waals surface area contributed by atoms with Gasteiger partial charge in [-0.05, 0) is 49.6 Å². The summed E-state index contributed by atoms with van der Waals surface area (Å²) < 4.78 is 18.3. The second-order valence-corrected chi connectivity index (χ2v) is 10.8. The molecule has 1 aliphatic carbocycles. The molecule has 2 heterocycles. The molecule has 174 valence electrons. The smallest absolute Gasteiger partial charge is 0.268 e. The van der Waals surface area contributed by atoms with Crippen LogP contribution < -0.4 is 5.32 Å². The minimum absolute atomic E-state index is 0.0685. The molecule has 2 aromatic carbocycles. The molecule has 0 saturated heterocycles. The Kier molecular flexibility index (Phi) is 6.34. The van der Waals surface area contributed by atoms with Gasteiger partial charge in [0, 0.05) is 33.9 Å². The minimum atomic E-state index is -1.03. The number of hydrogen-bond donors (Lipinski definition) is 1. The number of aromatic nitrogens is 4. The Morgan fingerprint density at radius 1 is 1.00 bits per heavy atom. The normalized spacial score (nSPS) is 14.5. The number of nitrogens with one attached hydrogen (secondary N) is 1. The van der Waals surface area contributed by atoms with Crippen molar-refractivity contribution in [3.05, 3.63) is 66.0 Å². The fourth-order valence-corrected chi connectivity index (χ4v) is 4.52. The zero-order valence-electron chi connectivity index (χ0n) is 19.5. The predicted molar refractivity (Wildman–Crippen MR) is 132 cm³/mol. The minimum Gasteiger partial charge on any atom is -0.415 e. The fourth-order valence-electron chi connectivity index (χ4n) is 3.57. The van der Waals surface area contributed by atoms with Crippen LogP contribution in [0.3, 0.4) is 0 Å². The largest absolute Gasteiger partial charge is 0.415 e. The molecule has 1 unspecified atom stereocenters. The van der Waals surface area contributed by atoms with E-state index in [0.29, 0.717) is 34.9 Å². The highest BCUT2D eigenvalue weighted by atomic mass is 32.2. The van der Waals surface area contributed by atoms with Crippen molar-refractivity contribution in [3.8, 4) is 34.3 Å². The van der Waals surface area contributed by atoms with E-state index in [4.69, 9.17) is 9.40 Å². The van der Waals surface area contributed by atoms with E-state index in [9.17, 15) is 4.21 Å². The molecule has 0 spiro atoms. The third kappa shape index (κ3) is 4.98. The first kappa shape index (κ1) is 22.6. The maximum Gasteiger partial charge on any atom is 0.268 e. The average molecular weight is 474 g/mol. The zero-order valence-corrected chi connectivity index (χ0v) is 20.3. The van der Waals surface area contributed by atoms with E-state index < -0.39 is 10.8 Å².